The zero-order valence-corrected chi connectivity index (χ0v) is 10.5. The van der Waals surface area contributed by atoms with Crippen molar-refractivity contribution in [3.63, 3.8) is 0 Å². The molecule has 0 radical (unpaired) electrons. The SMILES string of the molecule is CC(C)(C)NC(C)(C(=O)O)c1ccccc1F. The van der Waals surface area contributed by atoms with Crippen molar-refractivity contribution in [1.29, 1.82) is 0 Å². The molecule has 17 heavy (non-hydrogen) atoms. The average molecular weight is 239 g/mol. The minimum Gasteiger partial charge on any atom is -0.480 e. The van der Waals surface area contributed by atoms with Crippen molar-refractivity contribution in [2.75, 3.05) is 0 Å². The summed E-state index contributed by atoms with van der Waals surface area (Å²) < 4.78 is 13.7. The van der Waals surface area contributed by atoms with Crippen molar-refractivity contribution in [3.8, 4) is 0 Å². The Kier molecular flexibility index (Phi) is 3.57. The molecule has 0 aliphatic rings. The van der Waals surface area contributed by atoms with E-state index in [1.165, 1.54) is 25.1 Å². The van der Waals surface area contributed by atoms with Crippen LogP contribution in [0.4, 0.5) is 4.39 Å². The number of hydrogen-bond donors (Lipinski definition) is 2. The van der Waals surface area contributed by atoms with E-state index >= 15 is 0 Å². The predicted octanol–water partition coefficient (Wildman–Crippen LogP) is 2.51. The van der Waals surface area contributed by atoms with Gasteiger partial charge in [0.1, 0.15) is 11.4 Å². The second-order valence-corrected chi connectivity index (χ2v) is 5.28. The van der Waals surface area contributed by atoms with Crippen LogP contribution in [0.25, 0.3) is 0 Å². The first-order valence-electron chi connectivity index (χ1n) is 5.44. The van der Waals surface area contributed by atoms with Crippen LogP contribution < -0.4 is 5.32 Å². The maximum absolute atomic E-state index is 13.7. The largest absolute Gasteiger partial charge is 0.480 e. The van der Waals surface area contributed by atoms with E-state index in [0.29, 0.717) is 0 Å². The highest BCUT2D eigenvalue weighted by Gasteiger charge is 2.40. The Morgan fingerprint density at radius 1 is 1.24 bits per heavy atom. The van der Waals surface area contributed by atoms with Crippen LogP contribution in [0.2, 0.25) is 0 Å². The van der Waals surface area contributed by atoms with Crippen LogP contribution in [0.3, 0.4) is 0 Å². The molecule has 0 spiro atoms. The van der Waals surface area contributed by atoms with Crippen LogP contribution in [-0.4, -0.2) is 16.6 Å². The minimum atomic E-state index is -1.44. The molecule has 2 N–H and O–H groups in total. The molecular weight excluding hydrogens is 221 g/mol. The van der Waals surface area contributed by atoms with Gasteiger partial charge in [-0.2, -0.15) is 0 Å². The van der Waals surface area contributed by atoms with Crippen LogP contribution in [0.5, 0.6) is 0 Å². The van der Waals surface area contributed by atoms with Gasteiger partial charge in [-0.15, -0.1) is 0 Å². The number of carboxylic acid groups (broad SMARTS) is 1. The fourth-order valence-corrected chi connectivity index (χ4v) is 1.85. The van der Waals surface area contributed by atoms with Gasteiger partial charge in [0.25, 0.3) is 0 Å². The molecule has 1 aromatic rings. The van der Waals surface area contributed by atoms with E-state index < -0.39 is 22.9 Å². The fourth-order valence-electron chi connectivity index (χ4n) is 1.85. The molecule has 1 atom stereocenters. The molecule has 0 bridgehead atoms. The lowest BCUT2D eigenvalue weighted by Gasteiger charge is -2.34. The van der Waals surface area contributed by atoms with E-state index in [-0.39, 0.29) is 5.56 Å². The summed E-state index contributed by atoms with van der Waals surface area (Å²) in [6.45, 7) is 7.00. The molecule has 1 rings (SSSR count). The summed E-state index contributed by atoms with van der Waals surface area (Å²) in [5.41, 5.74) is -1.73. The van der Waals surface area contributed by atoms with Crippen LogP contribution in [0, 0.1) is 5.82 Å². The molecule has 0 amide bonds. The molecule has 0 saturated heterocycles. The van der Waals surface area contributed by atoms with Crippen molar-refractivity contribution in [1.82, 2.24) is 5.32 Å². The van der Waals surface area contributed by atoms with Crippen molar-refractivity contribution < 1.29 is 14.3 Å². The lowest BCUT2D eigenvalue weighted by atomic mass is 9.88. The quantitative estimate of drug-likeness (QED) is 0.852. The van der Waals surface area contributed by atoms with Crippen LogP contribution in [-0.2, 0) is 10.3 Å². The van der Waals surface area contributed by atoms with Crippen LogP contribution in [0.1, 0.15) is 33.3 Å². The van der Waals surface area contributed by atoms with Crippen LogP contribution in [0.15, 0.2) is 24.3 Å². The zero-order valence-electron chi connectivity index (χ0n) is 10.5. The van der Waals surface area contributed by atoms with E-state index in [0.717, 1.165) is 0 Å². The van der Waals surface area contributed by atoms with Gasteiger partial charge in [0.2, 0.25) is 0 Å². The third-order valence-corrected chi connectivity index (χ3v) is 2.47. The number of benzene rings is 1. The number of carbonyl (C=O) groups is 1. The number of aliphatic carboxylic acids is 1. The average Bonchev–Trinajstić information content (AvgIpc) is 2.15. The topological polar surface area (TPSA) is 49.3 Å². The molecule has 0 saturated carbocycles. The lowest BCUT2D eigenvalue weighted by Crippen LogP contribution is -2.55. The van der Waals surface area contributed by atoms with Gasteiger partial charge in [-0.05, 0) is 33.8 Å². The monoisotopic (exact) mass is 239 g/mol. The first-order valence-corrected chi connectivity index (χ1v) is 5.44. The highest BCUT2D eigenvalue weighted by molar-refractivity contribution is 5.80. The van der Waals surface area contributed by atoms with E-state index in [9.17, 15) is 14.3 Å². The molecule has 1 unspecified atom stereocenters. The van der Waals surface area contributed by atoms with E-state index in [1.54, 1.807) is 6.07 Å². The third kappa shape index (κ3) is 3.03. The van der Waals surface area contributed by atoms with Gasteiger partial charge in [0.15, 0.2) is 0 Å². The number of halogens is 1. The maximum atomic E-state index is 13.7. The maximum Gasteiger partial charge on any atom is 0.328 e. The van der Waals surface area contributed by atoms with E-state index in [2.05, 4.69) is 5.32 Å². The Balaban J connectivity index is 3.27. The second kappa shape index (κ2) is 4.45. The second-order valence-electron chi connectivity index (χ2n) is 5.28. The smallest absolute Gasteiger partial charge is 0.328 e. The molecule has 0 fully saturated rings. The highest BCUT2D eigenvalue weighted by Crippen LogP contribution is 2.26. The third-order valence-electron chi connectivity index (χ3n) is 2.47. The molecule has 4 heteroatoms. The first kappa shape index (κ1) is 13.6. The van der Waals surface area contributed by atoms with E-state index in [1.807, 2.05) is 20.8 Å². The van der Waals surface area contributed by atoms with Gasteiger partial charge >= 0.3 is 5.97 Å². The molecular formula is C13H18FNO2. The highest BCUT2D eigenvalue weighted by atomic mass is 19.1. The summed E-state index contributed by atoms with van der Waals surface area (Å²) in [5, 5.41) is 12.3. The van der Waals surface area contributed by atoms with Gasteiger partial charge < -0.3 is 5.11 Å². The predicted molar refractivity (Wildman–Crippen MR) is 64.3 cm³/mol. The first-order chi connectivity index (χ1) is 7.67. The van der Waals surface area contributed by atoms with Crippen molar-refractivity contribution >= 4 is 5.97 Å². The van der Waals surface area contributed by atoms with Crippen molar-refractivity contribution in [2.24, 2.45) is 0 Å². The van der Waals surface area contributed by atoms with Crippen LogP contribution >= 0.6 is 0 Å². The summed E-state index contributed by atoms with van der Waals surface area (Å²) in [6.07, 6.45) is 0. The minimum absolute atomic E-state index is 0.141. The molecule has 0 aliphatic heterocycles. The van der Waals surface area contributed by atoms with Gasteiger partial charge in [-0.25, -0.2) is 9.18 Å². The lowest BCUT2D eigenvalue weighted by molar-refractivity contribution is -0.145. The summed E-state index contributed by atoms with van der Waals surface area (Å²) in [4.78, 5) is 11.4. The fraction of sp³-hybridized carbons (Fsp3) is 0.462. The molecule has 0 heterocycles. The Labute approximate surface area is 101 Å². The van der Waals surface area contributed by atoms with Gasteiger partial charge in [0, 0.05) is 11.1 Å². The summed E-state index contributed by atoms with van der Waals surface area (Å²) in [7, 11) is 0. The molecule has 1 aromatic carbocycles. The molecule has 94 valence electrons. The molecule has 0 aromatic heterocycles. The normalized spacial score (nSPS) is 15.4. The van der Waals surface area contributed by atoms with Crippen molar-refractivity contribution in [2.45, 2.75) is 38.8 Å². The number of hydrogen-bond acceptors (Lipinski definition) is 2. The summed E-state index contributed by atoms with van der Waals surface area (Å²) in [6, 6.07) is 5.92. The summed E-state index contributed by atoms with van der Waals surface area (Å²) >= 11 is 0. The molecule has 3 nitrogen and oxygen atoms in total. The van der Waals surface area contributed by atoms with Gasteiger partial charge in [-0.1, -0.05) is 18.2 Å². The number of nitrogens with one attached hydrogen (secondary N) is 1. The Morgan fingerprint density at radius 2 is 1.76 bits per heavy atom. The van der Waals surface area contributed by atoms with Gasteiger partial charge in [-0.3, -0.25) is 5.32 Å². The summed E-state index contributed by atoms with van der Waals surface area (Å²) in [5.74, 6) is -1.62. The zero-order chi connectivity index (χ0) is 13.3. The van der Waals surface area contributed by atoms with Crippen molar-refractivity contribution in [3.05, 3.63) is 35.6 Å². The standard InChI is InChI=1S/C13H18FNO2/c1-12(2,3)15-13(4,11(16)17)9-7-5-6-8-10(9)14/h5-8,15H,1-4H3,(H,16,17). The molecule has 0 aliphatic carbocycles. The Bertz CT molecular complexity index is 426. The van der Waals surface area contributed by atoms with Gasteiger partial charge in [0.05, 0.1) is 0 Å². The Hall–Kier alpha value is -1.42. The van der Waals surface area contributed by atoms with E-state index in [4.69, 9.17) is 0 Å². The number of rotatable bonds is 3. The number of carboxylic acids is 1. The Morgan fingerprint density at radius 3 is 2.18 bits per heavy atom.